The van der Waals surface area contributed by atoms with Gasteiger partial charge in [0.25, 0.3) is 0 Å². The number of carbonyl (C=O) groups is 2. The summed E-state index contributed by atoms with van der Waals surface area (Å²) in [5.74, 6) is 0.444. The quantitative estimate of drug-likeness (QED) is 0.549. The van der Waals surface area contributed by atoms with Gasteiger partial charge in [0.05, 0.1) is 6.10 Å². The van der Waals surface area contributed by atoms with Crippen LogP contribution in [0.1, 0.15) is 40.0 Å². The first-order chi connectivity index (χ1) is 11.4. The van der Waals surface area contributed by atoms with Crippen molar-refractivity contribution in [2.75, 3.05) is 6.61 Å². The molecule has 0 aromatic carbocycles. The topological polar surface area (TPSA) is 55.9 Å². The van der Waals surface area contributed by atoms with Gasteiger partial charge in [-0.3, -0.25) is 4.79 Å². The third-order valence-corrected chi connectivity index (χ3v) is 6.87. The van der Waals surface area contributed by atoms with E-state index in [1.54, 1.807) is 0 Å². The molecule has 0 N–H and O–H groups in total. The molecule has 2 aliphatic heterocycles. The average Bonchev–Trinajstić information content (AvgIpc) is 3.10. The largest absolute Gasteiger partial charge is 0.458 e. The molecule has 2 fully saturated rings. The van der Waals surface area contributed by atoms with Crippen molar-refractivity contribution in [3.63, 3.8) is 0 Å². The van der Waals surface area contributed by atoms with Crippen molar-refractivity contribution in [2.24, 2.45) is 17.3 Å². The molecule has 5 aliphatic rings. The molecule has 0 amide bonds. The Hall–Kier alpha value is -1.68. The Morgan fingerprint density at radius 2 is 2.08 bits per heavy atom. The van der Waals surface area contributed by atoms with E-state index >= 15 is 0 Å². The minimum Gasteiger partial charge on any atom is -0.458 e. The SMILES string of the molecule is CC(C)C1=C[C@]23O[C@H]2C[C@H]2C4=C(CC[C@]2(C)C3=CC1=O)C(=O)OC4. The molecule has 5 rings (SSSR count). The zero-order valence-corrected chi connectivity index (χ0v) is 14.3. The van der Waals surface area contributed by atoms with Gasteiger partial charge in [-0.15, -0.1) is 0 Å². The number of ketones is 1. The molecule has 0 aromatic rings. The highest BCUT2D eigenvalue weighted by Gasteiger charge is 2.69. The van der Waals surface area contributed by atoms with E-state index in [-0.39, 0.29) is 40.7 Å². The number of allylic oxidation sites excluding steroid dienone is 2. The van der Waals surface area contributed by atoms with Crippen molar-refractivity contribution in [3.05, 3.63) is 34.4 Å². The van der Waals surface area contributed by atoms with E-state index in [0.717, 1.165) is 41.6 Å². The molecule has 24 heavy (non-hydrogen) atoms. The first kappa shape index (κ1) is 14.6. The second-order valence-corrected chi connectivity index (χ2v) is 8.36. The average molecular weight is 326 g/mol. The minimum atomic E-state index is -0.361. The Labute approximate surface area is 141 Å². The number of cyclic esters (lactones) is 1. The summed E-state index contributed by atoms with van der Waals surface area (Å²) in [6.45, 7) is 6.78. The zero-order valence-electron chi connectivity index (χ0n) is 14.3. The maximum absolute atomic E-state index is 12.7. The number of carbonyl (C=O) groups excluding carboxylic acids is 2. The first-order valence-corrected chi connectivity index (χ1v) is 8.93. The van der Waals surface area contributed by atoms with Crippen LogP contribution in [-0.4, -0.2) is 30.1 Å². The second kappa shape index (κ2) is 4.29. The normalized spacial score (nSPS) is 42.7. The number of epoxide rings is 1. The molecular formula is C20H22O4. The van der Waals surface area contributed by atoms with Crippen molar-refractivity contribution in [2.45, 2.75) is 51.7 Å². The Morgan fingerprint density at radius 3 is 2.83 bits per heavy atom. The Morgan fingerprint density at radius 1 is 1.29 bits per heavy atom. The standard InChI is InChI=1S/C20H22O4/c1-10(2)12-8-20-16(7-15(12)21)19(3)5-4-11-13(9-23-18(11)22)14(19)6-17(20)24-20/h7-8,10,14,17H,4-6,9H2,1-3H3/t14-,17-,19-,20+/m0/s1. The van der Waals surface area contributed by atoms with Crippen LogP contribution in [-0.2, 0) is 19.1 Å². The summed E-state index contributed by atoms with van der Waals surface area (Å²) >= 11 is 0. The van der Waals surface area contributed by atoms with E-state index in [2.05, 4.69) is 26.8 Å². The molecule has 0 radical (unpaired) electrons. The molecule has 4 heteroatoms. The lowest BCUT2D eigenvalue weighted by molar-refractivity contribution is -0.136. The number of hydrogen-bond acceptors (Lipinski definition) is 4. The highest BCUT2D eigenvalue weighted by molar-refractivity contribution is 6.07. The van der Waals surface area contributed by atoms with Gasteiger partial charge in [-0.1, -0.05) is 20.8 Å². The molecule has 1 saturated heterocycles. The van der Waals surface area contributed by atoms with Crippen LogP contribution >= 0.6 is 0 Å². The summed E-state index contributed by atoms with van der Waals surface area (Å²) in [6, 6.07) is 0. The number of hydrogen-bond donors (Lipinski definition) is 0. The summed E-state index contributed by atoms with van der Waals surface area (Å²) in [5.41, 5.74) is 3.57. The van der Waals surface area contributed by atoms with Crippen molar-refractivity contribution >= 4 is 11.8 Å². The Kier molecular flexibility index (Phi) is 2.62. The van der Waals surface area contributed by atoms with Crippen LogP contribution in [0.25, 0.3) is 0 Å². The van der Waals surface area contributed by atoms with E-state index in [9.17, 15) is 9.59 Å². The summed E-state index contributed by atoms with van der Waals surface area (Å²) < 4.78 is 11.5. The molecule has 126 valence electrons. The van der Waals surface area contributed by atoms with Gasteiger partial charge in [0.15, 0.2) is 5.78 Å². The van der Waals surface area contributed by atoms with Crippen LogP contribution in [0.2, 0.25) is 0 Å². The van der Waals surface area contributed by atoms with E-state index in [1.807, 2.05) is 6.08 Å². The van der Waals surface area contributed by atoms with E-state index in [0.29, 0.717) is 6.61 Å². The van der Waals surface area contributed by atoms with E-state index < -0.39 is 0 Å². The van der Waals surface area contributed by atoms with Gasteiger partial charge >= 0.3 is 5.97 Å². The highest BCUT2D eigenvalue weighted by atomic mass is 16.6. The summed E-state index contributed by atoms with van der Waals surface area (Å²) in [6.07, 6.45) is 6.62. The number of ether oxygens (including phenoxy) is 2. The van der Waals surface area contributed by atoms with Crippen LogP contribution < -0.4 is 0 Å². The van der Waals surface area contributed by atoms with Crippen molar-refractivity contribution in [1.29, 1.82) is 0 Å². The number of rotatable bonds is 1. The lowest BCUT2D eigenvalue weighted by Crippen LogP contribution is -2.46. The van der Waals surface area contributed by atoms with Gasteiger partial charge in [-0.2, -0.15) is 0 Å². The molecule has 4 atom stereocenters. The van der Waals surface area contributed by atoms with Crippen LogP contribution in [0.3, 0.4) is 0 Å². The predicted molar refractivity (Wildman–Crippen MR) is 87.0 cm³/mol. The van der Waals surface area contributed by atoms with Gasteiger partial charge < -0.3 is 9.47 Å². The van der Waals surface area contributed by atoms with Crippen LogP contribution in [0.15, 0.2) is 34.4 Å². The second-order valence-electron chi connectivity index (χ2n) is 8.36. The molecule has 1 saturated carbocycles. The van der Waals surface area contributed by atoms with Gasteiger partial charge in [0, 0.05) is 11.1 Å². The predicted octanol–water partition coefficient (Wildman–Crippen LogP) is 2.89. The maximum Gasteiger partial charge on any atom is 0.334 e. The maximum atomic E-state index is 12.7. The molecule has 0 unspecified atom stereocenters. The summed E-state index contributed by atoms with van der Waals surface area (Å²) in [5, 5.41) is 0. The molecule has 2 heterocycles. The van der Waals surface area contributed by atoms with Gasteiger partial charge in [0.1, 0.15) is 12.2 Å². The molecular weight excluding hydrogens is 304 g/mol. The highest BCUT2D eigenvalue weighted by Crippen LogP contribution is 2.67. The lowest BCUT2D eigenvalue weighted by Gasteiger charge is -2.48. The van der Waals surface area contributed by atoms with E-state index in [1.165, 1.54) is 0 Å². The molecule has 0 bridgehead atoms. The van der Waals surface area contributed by atoms with Gasteiger partial charge in [0.2, 0.25) is 0 Å². The van der Waals surface area contributed by atoms with Crippen LogP contribution in [0.5, 0.6) is 0 Å². The third-order valence-electron chi connectivity index (χ3n) is 6.87. The molecule has 3 aliphatic carbocycles. The molecule has 1 spiro atoms. The van der Waals surface area contributed by atoms with Crippen LogP contribution in [0, 0.1) is 17.3 Å². The lowest BCUT2D eigenvalue weighted by atomic mass is 9.53. The van der Waals surface area contributed by atoms with Crippen molar-refractivity contribution in [3.8, 4) is 0 Å². The van der Waals surface area contributed by atoms with Crippen molar-refractivity contribution < 1.29 is 19.1 Å². The fourth-order valence-electron chi connectivity index (χ4n) is 5.46. The summed E-state index contributed by atoms with van der Waals surface area (Å²) in [7, 11) is 0. The number of esters is 1. The van der Waals surface area contributed by atoms with Crippen LogP contribution in [0.4, 0.5) is 0 Å². The fraction of sp³-hybridized carbons (Fsp3) is 0.600. The van der Waals surface area contributed by atoms with Gasteiger partial charge in [-0.25, -0.2) is 4.79 Å². The first-order valence-electron chi connectivity index (χ1n) is 8.93. The zero-order chi connectivity index (χ0) is 16.9. The number of fused-ring (bicyclic) bond motifs is 3. The molecule has 4 nitrogen and oxygen atoms in total. The smallest absolute Gasteiger partial charge is 0.334 e. The minimum absolute atomic E-state index is 0.117. The fourth-order valence-corrected chi connectivity index (χ4v) is 5.46. The van der Waals surface area contributed by atoms with E-state index in [4.69, 9.17) is 9.47 Å². The molecule has 0 aromatic heterocycles. The Bertz CT molecular complexity index is 783. The monoisotopic (exact) mass is 326 g/mol. The summed E-state index contributed by atoms with van der Waals surface area (Å²) in [4.78, 5) is 24.6. The van der Waals surface area contributed by atoms with Crippen molar-refractivity contribution in [1.82, 2.24) is 0 Å². The Balaban J connectivity index is 1.62. The third kappa shape index (κ3) is 1.58. The van der Waals surface area contributed by atoms with Gasteiger partial charge in [-0.05, 0) is 59.8 Å².